The molecular formula is C27H28N6O. The highest BCUT2D eigenvalue weighted by molar-refractivity contribution is 5.57. The molecule has 3 heterocycles. The van der Waals surface area contributed by atoms with E-state index in [1.54, 1.807) is 0 Å². The van der Waals surface area contributed by atoms with Crippen LogP contribution in [-0.2, 0) is 5.41 Å². The van der Waals surface area contributed by atoms with E-state index in [0.29, 0.717) is 11.5 Å². The first-order valence-electron chi connectivity index (χ1n) is 12.3. The maximum absolute atomic E-state index is 10.2. The molecule has 0 radical (unpaired) electrons. The maximum Gasteiger partial charge on any atom is 0.244 e. The monoisotopic (exact) mass is 452 g/mol. The summed E-state index contributed by atoms with van der Waals surface area (Å²) < 4.78 is 7.75. The van der Waals surface area contributed by atoms with Gasteiger partial charge in [0.25, 0.3) is 0 Å². The highest BCUT2D eigenvalue weighted by Crippen LogP contribution is 2.62. The lowest BCUT2D eigenvalue weighted by Crippen LogP contribution is -2.49. The first-order chi connectivity index (χ1) is 16.5. The number of aryl methyl sites for hydroxylation is 1. The van der Waals surface area contributed by atoms with Crippen LogP contribution in [0.3, 0.4) is 0 Å². The molecule has 5 aliphatic rings. The van der Waals surface area contributed by atoms with Gasteiger partial charge in [-0.3, -0.25) is 5.10 Å². The summed E-state index contributed by atoms with van der Waals surface area (Å²) in [7, 11) is 0. The number of nitrogens with one attached hydrogen (secondary N) is 1. The Labute approximate surface area is 198 Å². The van der Waals surface area contributed by atoms with Crippen LogP contribution >= 0.6 is 0 Å². The summed E-state index contributed by atoms with van der Waals surface area (Å²) >= 11 is 0. The molecule has 1 aliphatic heterocycles. The van der Waals surface area contributed by atoms with Gasteiger partial charge in [0.15, 0.2) is 0 Å². The molecule has 1 atom stereocenters. The Morgan fingerprint density at radius 1 is 1.12 bits per heavy atom. The molecule has 1 unspecified atom stereocenters. The average molecular weight is 453 g/mol. The molecule has 7 nitrogen and oxygen atoms in total. The SMILES string of the molecule is Cc1[nH]nc2c1C(c1cn(-c3ccccc3)nc1C13CC4CC(CC(C4)C1)C3)C(C#N)=C(N)O2. The van der Waals surface area contributed by atoms with E-state index in [4.69, 9.17) is 15.6 Å². The number of aromatic amines is 1. The Morgan fingerprint density at radius 2 is 1.79 bits per heavy atom. The second-order valence-corrected chi connectivity index (χ2v) is 10.9. The van der Waals surface area contributed by atoms with E-state index in [2.05, 4.69) is 34.6 Å². The number of fused-ring (bicyclic) bond motifs is 1. The molecule has 4 aliphatic carbocycles. The molecule has 4 fully saturated rings. The zero-order valence-corrected chi connectivity index (χ0v) is 19.3. The molecule has 4 bridgehead atoms. The van der Waals surface area contributed by atoms with Gasteiger partial charge in [0, 0.05) is 28.4 Å². The smallest absolute Gasteiger partial charge is 0.244 e. The third-order valence-corrected chi connectivity index (χ3v) is 8.74. The summed E-state index contributed by atoms with van der Waals surface area (Å²) in [5.74, 6) is 2.63. The predicted molar refractivity (Wildman–Crippen MR) is 126 cm³/mol. The van der Waals surface area contributed by atoms with E-state index in [-0.39, 0.29) is 17.2 Å². The standard InChI is InChI=1S/C27H28N6O/c1-15-22-23(20(13-28)25(29)34-26(22)31-30-15)21-14-33(19-5-3-2-4-6-19)32-24(21)27-10-16-7-17(11-27)9-18(8-16)12-27/h2-6,14,16-18,23H,7-12,29H2,1H3,(H,30,31). The number of aromatic nitrogens is 4. The molecule has 34 heavy (non-hydrogen) atoms. The largest absolute Gasteiger partial charge is 0.420 e. The van der Waals surface area contributed by atoms with E-state index in [1.807, 2.05) is 29.8 Å². The first kappa shape index (κ1) is 19.9. The van der Waals surface area contributed by atoms with Gasteiger partial charge >= 0.3 is 0 Å². The number of benzene rings is 1. The number of rotatable bonds is 3. The molecule has 8 rings (SSSR count). The van der Waals surface area contributed by atoms with Gasteiger partial charge in [0.2, 0.25) is 11.8 Å². The molecule has 4 saturated carbocycles. The molecule has 0 saturated heterocycles. The summed E-state index contributed by atoms with van der Waals surface area (Å²) in [4.78, 5) is 0. The number of ether oxygens (including phenoxy) is 1. The molecule has 3 aromatic rings. The van der Waals surface area contributed by atoms with Crippen molar-refractivity contribution in [2.45, 2.75) is 56.8 Å². The summed E-state index contributed by atoms with van der Waals surface area (Å²) in [5.41, 5.74) is 11.8. The van der Waals surface area contributed by atoms with Crippen molar-refractivity contribution < 1.29 is 4.74 Å². The van der Waals surface area contributed by atoms with Crippen molar-refractivity contribution in [2.75, 3.05) is 0 Å². The third-order valence-electron chi connectivity index (χ3n) is 8.74. The Balaban J connectivity index is 1.47. The van der Waals surface area contributed by atoms with E-state index in [9.17, 15) is 5.26 Å². The van der Waals surface area contributed by atoms with Crippen LogP contribution < -0.4 is 10.5 Å². The van der Waals surface area contributed by atoms with Gasteiger partial charge < -0.3 is 10.5 Å². The van der Waals surface area contributed by atoms with Crippen LogP contribution in [0.25, 0.3) is 5.69 Å². The maximum atomic E-state index is 10.2. The van der Waals surface area contributed by atoms with E-state index >= 15 is 0 Å². The zero-order chi connectivity index (χ0) is 23.0. The summed E-state index contributed by atoms with van der Waals surface area (Å²) in [6, 6.07) is 12.6. The van der Waals surface area contributed by atoms with Crippen molar-refractivity contribution in [3.63, 3.8) is 0 Å². The van der Waals surface area contributed by atoms with Gasteiger partial charge in [-0.1, -0.05) is 18.2 Å². The first-order valence-corrected chi connectivity index (χ1v) is 12.3. The highest BCUT2D eigenvalue weighted by atomic mass is 16.5. The van der Waals surface area contributed by atoms with E-state index < -0.39 is 0 Å². The Hall–Kier alpha value is -3.53. The number of nitrogens with two attached hydrogens (primary N) is 1. The lowest BCUT2D eigenvalue weighted by molar-refractivity contribution is -0.00778. The Kier molecular flexibility index (Phi) is 4.09. The van der Waals surface area contributed by atoms with Crippen LogP contribution in [0, 0.1) is 36.0 Å². The fourth-order valence-corrected chi connectivity index (χ4v) is 7.83. The van der Waals surface area contributed by atoms with Gasteiger partial charge in [0.05, 0.1) is 17.3 Å². The molecule has 172 valence electrons. The van der Waals surface area contributed by atoms with E-state index in [1.165, 1.54) is 38.5 Å². The second-order valence-electron chi connectivity index (χ2n) is 10.9. The van der Waals surface area contributed by atoms with Gasteiger partial charge in [-0.2, -0.15) is 10.4 Å². The minimum absolute atomic E-state index is 0.0650. The summed E-state index contributed by atoms with van der Waals surface area (Å²) in [6.07, 6.45) is 9.81. The van der Waals surface area contributed by atoms with Crippen LogP contribution in [0.1, 0.15) is 67.0 Å². The van der Waals surface area contributed by atoms with Crippen LogP contribution in [0.2, 0.25) is 0 Å². The molecular weight excluding hydrogens is 424 g/mol. The average Bonchev–Trinajstić information content (AvgIpc) is 3.43. The number of nitriles is 1. The number of H-pyrrole nitrogens is 1. The molecule has 1 aromatic carbocycles. The van der Waals surface area contributed by atoms with Crippen molar-refractivity contribution in [2.24, 2.45) is 23.5 Å². The van der Waals surface area contributed by atoms with Crippen LogP contribution in [-0.4, -0.2) is 20.0 Å². The lowest BCUT2D eigenvalue weighted by Gasteiger charge is -2.56. The minimum Gasteiger partial charge on any atom is -0.420 e. The fraction of sp³-hybridized carbons (Fsp3) is 0.444. The molecule has 2 aromatic heterocycles. The zero-order valence-electron chi connectivity index (χ0n) is 19.3. The topological polar surface area (TPSA) is 106 Å². The number of para-hydroxylation sites is 1. The van der Waals surface area contributed by atoms with Crippen LogP contribution in [0.5, 0.6) is 5.88 Å². The van der Waals surface area contributed by atoms with Crippen molar-refractivity contribution in [1.82, 2.24) is 20.0 Å². The highest BCUT2D eigenvalue weighted by Gasteiger charge is 2.54. The van der Waals surface area contributed by atoms with E-state index in [0.717, 1.165) is 46.0 Å². The van der Waals surface area contributed by atoms with Crippen molar-refractivity contribution in [3.8, 4) is 17.6 Å². The number of allylic oxidation sites excluding steroid dienone is 1. The minimum atomic E-state index is -0.340. The molecule has 3 N–H and O–H groups in total. The molecule has 0 amide bonds. The normalized spacial score (nSPS) is 31.3. The van der Waals surface area contributed by atoms with Gasteiger partial charge in [0.1, 0.15) is 11.6 Å². The van der Waals surface area contributed by atoms with Gasteiger partial charge in [-0.05, 0) is 75.3 Å². The number of hydrogen-bond donors (Lipinski definition) is 2. The van der Waals surface area contributed by atoms with Crippen LogP contribution in [0.15, 0.2) is 48.0 Å². The molecule has 0 spiro atoms. The Bertz CT molecular complexity index is 1320. The lowest BCUT2D eigenvalue weighted by atomic mass is 9.48. The second kappa shape index (κ2) is 6.99. The predicted octanol–water partition coefficient (Wildman–Crippen LogP) is 4.59. The fourth-order valence-electron chi connectivity index (χ4n) is 7.83. The summed E-state index contributed by atoms with van der Waals surface area (Å²) in [5, 5.41) is 22.9. The van der Waals surface area contributed by atoms with Crippen molar-refractivity contribution in [1.29, 1.82) is 5.26 Å². The third kappa shape index (κ3) is 2.74. The quantitative estimate of drug-likeness (QED) is 0.605. The molecule has 7 heteroatoms. The van der Waals surface area contributed by atoms with Crippen LogP contribution in [0.4, 0.5) is 0 Å². The van der Waals surface area contributed by atoms with Crippen molar-refractivity contribution >= 4 is 0 Å². The van der Waals surface area contributed by atoms with Crippen molar-refractivity contribution in [3.05, 3.63) is 70.5 Å². The van der Waals surface area contributed by atoms with Gasteiger partial charge in [-0.15, -0.1) is 5.10 Å². The number of hydrogen-bond acceptors (Lipinski definition) is 5. The Morgan fingerprint density at radius 3 is 2.44 bits per heavy atom. The number of nitrogens with zero attached hydrogens (tertiary/aromatic N) is 4. The summed E-state index contributed by atoms with van der Waals surface area (Å²) in [6.45, 7) is 1.98. The van der Waals surface area contributed by atoms with Gasteiger partial charge in [-0.25, -0.2) is 4.68 Å².